The average molecular weight is 177 g/mol. The van der Waals surface area contributed by atoms with Gasteiger partial charge in [-0.2, -0.15) is 5.10 Å². The molecule has 2 aliphatic carbocycles. The lowest BCUT2D eigenvalue weighted by Gasteiger charge is -1.95. The SMILES string of the molecule is CC1CC1c1cc(NC2CC2)n[nH]1. The molecule has 1 heterocycles. The van der Waals surface area contributed by atoms with Crippen LogP contribution >= 0.6 is 0 Å². The van der Waals surface area contributed by atoms with Gasteiger partial charge in [-0.05, 0) is 25.2 Å². The van der Waals surface area contributed by atoms with Crippen molar-refractivity contribution >= 4 is 5.82 Å². The summed E-state index contributed by atoms with van der Waals surface area (Å²) in [6.45, 7) is 2.29. The first kappa shape index (κ1) is 7.42. The van der Waals surface area contributed by atoms with Crippen molar-refractivity contribution < 1.29 is 0 Å². The fourth-order valence-electron chi connectivity index (χ4n) is 1.79. The number of anilines is 1. The summed E-state index contributed by atoms with van der Waals surface area (Å²) in [6.07, 6.45) is 3.94. The Morgan fingerprint density at radius 2 is 2.31 bits per heavy atom. The van der Waals surface area contributed by atoms with Crippen molar-refractivity contribution in [3.05, 3.63) is 11.8 Å². The molecular weight excluding hydrogens is 162 g/mol. The molecule has 70 valence electrons. The summed E-state index contributed by atoms with van der Waals surface area (Å²) >= 11 is 0. The summed E-state index contributed by atoms with van der Waals surface area (Å²) in [5, 5.41) is 10.8. The molecule has 0 bridgehead atoms. The van der Waals surface area contributed by atoms with Gasteiger partial charge in [0, 0.05) is 23.7 Å². The normalized spacial score (nSPS) is 31.8. The van der Waals surface area contributed by atoms with E-state index in [4.69, 9.17) is 0 Å². The Labute approximate surface area is 77.9 Å². The molecule has 2 atom stereocenters. The molecule has 1 aromatic rings. The summed E-state index contributed by atoms with van der Waals surface area (Å²) in [4.78, 5) is 0. The van der Waals surface area contributed by atoms with Gasteiger partial charge in [-0.3, -0.25) is 5.10 Å². The van der Waals surface area contributed by atoms with E-state index in [1.807, 2.05) is 0 Å². The molecule has 2 aliphatic rings. The summed E-state index contributed by atoms with van der Waals surface area (Å²) in [5.74, 6) is 2.65. The lowest BCUT2D eigenvalue weighted by molar-refractivity contribution is 0.871. The zero-order valence-corrected chi connectivity index (χ0v) is 7.88. The monoisotopic (exact) mass is 177 g/mol. The lowest BCUT2D eigenvalue weighted by atomic mass is 10.2. The number of hydrogen-bond donors (Lipinski definition) is 2. The largest absolute Gasteiger partial charge is 0.366 e. The van der Waals surface area contributed by atoms with E-state index < -0.39 is 0 Å². The number of hydrogen-bond acceptors (Lipinski definition) is 2. The third-order valence-corrected chi connectivity index (χ3v) is 3.04. The molecule has 3 rings (SSSR count). The molecular formula is C10H15N3. The van der Waals surface area contributed by atoms with E-state index in [9.17, 15) is 0 Å². The van der Waals surface area contributed by atoms with Gasteiger partial charge in [-0.25, -0.2) is 0 Å². The predicted octanol–water partition coefficient (Wildman–Crippen LogP) is 2.11. The first-order valence-electron chi connectivity index (χ1n) is 5.15. The van der Waals surface area contributed by atoms with Crippen LogP contribution in [-0.4, -0.2) is 16.2 Å². The van der Waals surface area contributed by atoms with Crippen molar-refractivity contribution in [2.24, 2.45) is 5.92 Å². The highest BCUT2D eigenvalue weighted by Crippen LogP contribution is 2.46. The highest BCUT2D eigenvalue weighted by molar-refractivity contribution is 5.39. The number of nitrogens with one attached hydrogen (secondary N) is 2. The third-order valence-electron chi connectivity index (χ3n) is 3.04. The zero-order valence-electron chi connectivity index (χ0n) is 7.88. The minimum Gasteiger partial charge on any atom is -0.366 e. The second-order valence-corrected chi connectivity index (χ2v) is 4.45. The van der Waals surface area contributed by atoms with Crippen LogP contribution in [0.4, 0.5) is 5.82 Å². The molecule has 1 aromatic heterocycles. The van der Waals surface area contributed by atoms with Crippen molar-refractivity contribution in [1.29, 1.82) is 0 Å². The van der Waals surface area contributed by atoms with Crippen LogP contribution in [-0.2, 0) is 0 Å². The van der Waals surface area contributed by atoms with Gasteiger partial charge >= 0.3 is 0 Å². The predicted molar refractivity (Wildman–Crippen MR) is 51.8 cm³/mol. The van der Waals surface area contributed by atoms with Gasteiger partial charge in [0.1, 0.15) is 5.82 Å². The van der Waals surface area contributed by atoms with Gasteiger partial charge in [0.25, 0.3) is 0 Å². The first-order valence-corrected chi connectivity index (χ1v) is 5.15. The fraction of sp³-hybridized carbons (Fsp3) is 0.700. The number of H-pyrrole nitrogens is 1. The van der Waals surface area contributed by atoms with E-state index in [1.54, 1.807) is 0 Å². The molecule has 3 heteroatoms. The second-order valence-electron chi connectivity index (χ2n) is 4.45. The van der Waals surface area contributed by atoms with Gasteiger partial charge in [0.2, 0.25) is 0 Å². The summed E-state index contributed by atoms with van der Waals surface area (Å²) in [6, 6.07) is 2.87. The Bertz CT molecular complexity index is 314. The lowest BCUT2D eigenvalue weighted by Crippen LogP contribution is -2.00. The molecule has 0 amide bonds. The van der Waals surface area contributed by atoms with Crippen LogP contribution in [0.5, 0.6) is 0 Å². The first-order chi connectivity index (χ1) is 6.33. The van der Waals surface area contributed by atoms with E-state index >= 15 is 0 Å². The molecule has 2 unspecified atom stereocenters. The maximum absolute atomic E-state index is 4.26. The number of aromatic nitrogens is 2. The van der Waals surface area contributed by atoms with E-state index in [2.05, 4.69) is 28.5 Å². The Balaban J connectivity index is 1.70. The van der Waals surface area contributed by atoms with Crippen molar-refractivity contribution in [2.75, 3.05) is 5.32 Å². The zero-order chi connectivity index (χ0) is 8.84. The Kier molecular flexibility index (Phi) is 1.43. The van der Waals surface area contributed by atoms with Gasteiger partial charge in [0.05, 0.1) is 0 Å². The smallest absolute Gasteiger partial charge is 0.148 e. The van der Waals surface area contributed by atoms with Gasteiger partial charge in [0.15, 0.2) is 0 Å². The van der Waals surface area contributed by atoms with Crippen molar-refractivity contribution in [3.8, 4) is 0 Å². The number of aromatic amines is 1. The third kappa shape index (κ3) is 1.43. The summed E-state index contributed by atoms with van der Waals surface area (Å²) in [7, 11) is 0. The number of nitrogens with zero attached hydrogens (tertiary/aromatic N) is 1. The summed E-state index contributed by atoms with van der Waals surface area (Å²) < 4.78 is 0. The minimum atomic E-state index is 0.702. The van der Waals surface area contributed by atoms with Crippen LogP contribution in [0.1, 0.15) is 37.8 Å². The standard InChI is InChI=1S/C10H15N3/c1-6-4-8(6)9-5-10(13-12-9)11-7-2-3-7/h5-8H,2-4H2,1H3,(H2,11,12,13). The highest BCUT2D eigenvalue weighted by Gasteiger charge is 2.35. The van der Waals surface area contributed by atoms with Crippen LogP contribution in [0.15, 0.2) is 6.07 Å². The van der Waals surface area contributed by atoms with Crippen molar-refractivity contribution in [1.82, 2.24) is 10.2 Å². The molecule has 0 radical (unpaired) electrons. The van der Waals surface area contributed by atoms with Crippen LogP contribution < -0.4 is 5.32 Å². The van der Waals surface area contributed by atoms with E-state index in [1.165, 1.54) is 25.0 Å². The Morgan fingerprint density at radius 3 is 2.92 bits per heavy atom. The molecule has 2 saturated carbocycles. The Morgan fingerprint density at radius 1 is 1.54 bits per heavy atom. The molecule has 2 N–H and O–H groups in total. The quantitative estimate of drug-likeness (QED) is 0.742. The molecule has 0 spiro atoms. The van der Waals surface area contributed by atoms with Gasteiger partial charge in [-0.1, -0.05) is 6.92 Å². The van der Waals surface area contributed by atoms with Gasteiger partial charge in [-0.15, -0.1) is 0 Å². The molecule has 13 heavy (non-hydrogen) atoms. The fourth-order valence-corrected chi connectivity index (χ4v) is 1.79. The van der Waals surface area contributed by atoms with Gasteiger partial charge < -0.3 is 5.32 Å². The molecule has 0 aliphatic heterocycles. The van der Waals surface area contributed by atoms with Crippen LogP contribution in [0.25, 0.3) is 0 Å². The molecule has 0 aromatic carbocycles. The molecule has 3 nitrogen and oxygen atoms in total. The van der Waals surface area contributed by atoms with Crippen LogP contribution in [0, 0.1) is 5.92 Å². The van der Waals surface area contributed by atoms with Crippen molar-refractivity contribution in [3.63, 3.8) is 0 Å². The molecule has 2 fully saturated rings. The van der Waals surface area contributed by atoms with Crippen molar-refractivity contribution in [2.45, 2.75) is 38.1 Å². The van der Waals surface area contributed by atoms with Crippen LogP contribution in [0.3, 0.4) is 0 Å². The van der Waals surface area contributed by atoms with E-state index in [0.29, 0.717) is 6.04 Å². The van der Waals surface area contributed by atoms with E-state index in [0.717, 1.165) is 17.7 Å². The second kappa shape index (κ2) is 2.50. The van der Waals surface area contributed by atoms with E-state index in [-0.39, 0.29) is 0 Å². The Hall–Kier alpha value is -0.990. The topological polar surface area (TPSA) is 40.7 Å². The number of rotatable bonds is 3. The summed E-state index contributed by atoms with van der Waals surface area (Å²) in [5.41, 5.74) is 1.32. The highest BCUT2D eigenvalue weighted by atomic mass is 15.2. The van der Waals surface area contributed by atoms with Crippen LogP contribution in [0.2, 0.25) is 0 Å². The minimum absolute atomic E-state index is 0.702. The average Bonchev–Trinajstić information content (AvgIpc) is 2.97. The molecule has 0 saturated heterocycles. The maximum Gasteiger partial charge on any atom is 0.148 e. The maximum atomic E-state index is 4.26.